The summed E-state index contributed by atoms with van der Waals surface area (Å²) in [7, 11) is 0. The van der Waals surface area contributed by atoms with Crippen molar-refractivity contribution >= 4 is 17.5 Å². The lowest BCUT2D eigenvalue weighted by Crippen LogP contribution is -2.25. The molecule has 0 unspecified atom stereocenters. The lowest BCUT2D eigenvalue weighted by Gasteiger charge is -2.30. The summed E-state index contributed by atoms with van der Waals surface area (Å²) in [6.45, 7) is 3.48. The van der Waals surface area contributed by atoms with Gasteiger partial charge in [-0.15, -0.1) is 0 Å². The summed E-state index contributed by atoms with van der Waals surface area (Å²) >= 11 is 0. The van der Waals surface area contributed by atoms with Gasteiger partial charge >= 0.3 is 0 Å². The molecule has 0 atom stereocenters. The van der Waals surface area contributed by atoms with Gasteiger partial charge in [-0.05, 0) is 49.1 Å². The first-order chi connectivity index (χ1) is 12.7. The summed E-state index contributed by atoms with van der Waals surface area (Å²) < 4.78 is 13.0. The fraction of sp³-hybridized carbons (Fsp3) is 0.238. The van der Waals surface area contributed by atoms with Crippen molar-refractivity contribution in [3.05, 3.63) is 77.2 Å². The predicted octanol–water partition coefficient (Wildman–Crippen LogP) is 4.62. The van der Waals surface area contributed by atoms with Crippen LogP contribution in [0.15, 0.2) is 54.6 Å². The molecule has 0 spiro atoms. The van der Waals surface area contributed by atoms with Gasteiger partial charge in [0.15, 0.2) is 0 Å². The maximum Gasteiger partial charge on any atom is 0.225 e. The Kier molecular flexibility index (Phi) is 4.52. The summed E-state index contributed by atoms with van der Waals surface area (Å²) in [5, 5.41) is 3.25. The Hall–Kier alpha value is -2.95. The van der Waals surface area contributed by atoms with Gasteiger partial charge in [-0.3, -0.25) is 0 Å². The van der Waals surface area contributed by atoms with Crippen molar-refractivity contribution in [2.45, 2.75) is 26.3 Å². The van der Waals surface area contributed by atoms with Crippen molar-refractivity contribution in [1.82, 2.24) is 9.97 Å². The Balaban J connectivity index is 1.58. The fourth-order valence-corrected chi connectivity index (χ4v) is 3.32. The van der Waals surface area contributed by atoms with E-state index in [1.807, 2.05) is 13.0 Å². The highest BCUT2D eigenvalue weighted by Crippen LogP contribution is 2.32. The summed E-state index contributed by atoms with van der Waals surface area (Å²) in [6.07, 6.45) is 2.21. The van der Waals surface area contributed by atoms with E-state index in [1.54, 1.807) is 12.1 Å². The maximum atomic E-state index is 13.0. The second-order valence-corrected chi connectivity index (χ2v) is 6.56. The molecule has 5 heteroatoms. The number of rotatable bonds is 4. The summed E-state index contributed by atoms with van der Waals surface area (Å²) in [5.41, 5.74) is 4.48. The molecule has 1 N–H and O–H groups in total. The lowest BCUT2D eigenvalue weighted by molar-refractivity contribution is 0.627. The zero-order valence-electron chi connectivity index (χ0n) is 14.7. The summed E-state index contributed by atoms with van der Waals surface area (Å²) in [4.78, 5) is 11.5. The van der Waals surface area contributed by atoms with Gasteiger partial charge in [-0.25, -0.2) is 9.37 Å². The maximum absolute atomic E-state index is 13.0. The quantitative estimate of drug-likeness (QED) is 0.747. The number of hydrogen-bond acceptors (Lipinski definition) is 4. The van der Waals surface area contributed by atoms with Gasteiger partial charge in [0, 0.05) is 30.5 Å². The van der Waals surface area contributed by atoms with Crippen LogP contribution >= 0.6 is 0 Å². The molecule has 0 fully saturated rings. The molecule has 0 saturated carbocycles. The van der Waals surface area contributed by atoms with Crippen LogP contribution < -0.4 is 10.2 Å². The monoisotopic (exact) mass is 348 g/mol. The zero-order valence-corrected chi connectivity index (χ0v) is 14.7. The number of aryl methyl sites for hydroxylation is 2. The first-order valence-electron chi connectivity index (χ1n) is 8.88. The van der Waals surface area contributed by atoms with E-state index in [2.05, 4.69) is 39.5 Å². The van der Waals surface area contributed by atoms with Gasteiger partial charge in [0.2, 0.25) is 5.95 Å². The molecule has 0 radical (unpaired) electrons. The van der Waals surface area contributed by atoms with Gasteiger partial charge < -0.3 is 10.2 Å². The van der Waals surface area contributed by atoms with Crippen molar-refractivity contribution in [3.63, 3.8) is 0 Å². The van der Waals surface area contributed by atoms with Crippen molar-refractivity contribution in [3.8, 4) is 0 Å². The zero-order chi connectivity index (χ0) is 17.9. The molecule has 0 amide bonds. The first-order valence-corrected chi connectivity index (χ1v) is 8.88. The third-order valence-corrected chi connectivity index (χ3v) is 4.59. The molecule has 1 aliphatic heterocycles. The molecule has 132 valence electrons. The van der Waals surface area contributed by atoms with Gasteiger partial charge in [-0.1, -0.05) is 30.3 Å². The number of hydrogen-bond donors (Lipinski definition) is 1. The lowest BCUT2D eigenvalue weighted by atomic mass is 10.0. The van der Waals surface area contributed by atoms with Crippen LogP contribution in [0, 0.1) is 12.7 Å². The molecule has 2 aromatic carbocycles. The number of nitrogens with one attached hydrogen (secondary N) is 1. The number of anilines is 3. The van der Waals surface area contributed by atoms with Crippen LogP contribution in [0.5, 0.6) is 0 Å². The standard InChI is InChI=1S/C21H21FN4/c1-15-13-20(26-12-4-6-17-5-2-3-7-19(17)26)25-21(24-15)23-14-16-8-10-18(22)11-9-16/h2-3,5,7-11,13H,4,6,12,14H2,1H3,(H,23,24,25). The molecule has 3 aromatic rings. The van der Waals surface area contributed by atoms with Crippen molar-refractivity contribution < 1.29 is 4.39 Å². The van der Waals surface area contributed by atoms with E-state index in [0.717, 1.165) is 36.5 Å². The molecule has 0 saturated heterocycles. The van der Waals surface area contributed by atoms with Crippen LogP contribution in [-0.4, -0.2) is 16.5 Å². The molecule has 1 aromatic heterocycles. The van der Waals surface area contributed by atoms with Gasteiger partial charge in [-0.2, -0.15) is 4.98 Å². The number of fused-ring (bicyclic) bond motifs is 1. The van der Waals surface area contributed by atoms with Gasteiger partial charge in [0.1, 0.15) is 11.6 Å². The molecular weight excluding hydrogens is 327 g/mol. The molecule has 4 nitrogen and oxygen atoms in total. The second kappa shape index (κ2) is 7.12. The van der Waals surface area contributed by atoms with Crippen LogP contribution in [0.3, 0.4) is 0 Å². The third-order valence-electron chi connectivity index (χ3n) is 4.59. The van der Waals surface area contributed by atoms with E-state index in [4.69, 9.17) is 4.98 Å². The highest BCUT2D eigenvalue weighted by Gasteiger charge is 2.19. The number of aromatic nitrogens is 2. The Morgan fingerprint density at radius 1 is 1.08 bits per heavy atom. The van der Waals surface area contributed by atoms with Crippen LogP contribution in [0.2, 0.25) is 0 Å². The molecule has 0 aliphatic carbocycles. The highest BCUT2D eigenvalue weighted by molar-refractivity contribution is 5.66. The van der Waals surface area contributed by atoms with Gasteiger partial charge in [0.25, 0.3) is 0 Å². The van der Waals surface area contributed by atoms with E-state index in [1.165, 1.54) is 23.4 Å². The Labute approximate surface area is 152 Å². The van der Waals surface area contributed by atoms with Crippen molar-refractivity contribution in [2.75, 3.05) is 16.8 Å². The number of halogens is 1. The predicted molar refractivity (Wildman–Crippen MR) is 102 cm³/mol. The molecular formula is C21H21FN4. The first kappa shape index (κ1) is 16.5. The van der Waals surface area contributed by atoms with E-state index in [-0.39, 0.29) is 5.82 Å². The number of para-hydroxylation sites is 1. The number of nitrogens with zero attached hydrogens (tertiary/aromatic N) is 3. The van der Waals surface area contributed by atoms with E-state index < -0.39 is 0 Å². The van der Waals surface area contributed by atoms with Crippen LogP contribution in [0.4, 0.5) is 21.8 Å². The fourth-order valence-electron chi connectivity index (χ4n) is 3.32. The average Bonchev–Trinajstić information content (AvgIpc) is 2.67. The minimum Gasteiger partial charge on any atom is -0.350 e. The third kappa shape index (κ3) is 3.52. The van der Waals surface area contributed by atoms with Crippen molar-refractivity contribution in [2.24, 2.45) is 0 Å². The molecule has 2 heterocycles. The largest absolute Gasteiger partial charge is 0.350 e. The Morgan fingerprint density at radius 3 is 2.73 bits per heavy atom. The highest BCUT2D eigenvalue weighted by atomic mass is 19.1. The summed E-state index contributed by atoms with van der Waals surface area (Å²) in [5.74, 6) is 1.27. The van der Waals surface area contributed by atoms with E-state index >= 15 is 0 Å². The van der Waals surface area contributed by atoms with Crippen LogP contribution in [0.25, 0.3) is 0 Å². The number of benzene rings is 2. The molecule has 4 rings (SSSR count). The second-order valence-electron chi connectivity index (χ2n) is 6.56. The van der Waals surface area contributed by atoms with Crippen molar-refractivity contribution in [1.29, 1.82) is 0 Å². The smallest absolute Gasteiger partial charge is 0.225 e. The molecule has 0 bridgehead atoms. The minimum absolute atomic E-state index is 0.230. The van der Waals surface area contributed by atoms with E-state index in [9.17, 15) is 4.39 Å². The summed E-state index contributed by atoms with van der Waals surface area (Å²) in [6, 6.07) is 17.0. The van der Waals surface area contributed by atoms with Crippen LogP contribution in [0.1, 0.15) is 23.2 Å². The SMILES string of the molecule is Cc1cc(N2CCCc3ccccc32)nc(NCc2ccc(F)cc2)n1. The van der Waals surface area contributed by atoms with E-state index in [0.29, 0.717) is 12.5 Å². The molecule has 1 aliphatic rings. The minimum atomic E-state index is -0.230. The normalized spacial score (nSPS) is 13.4. The topological polar surface area (TPSA) is 41.1 Å². The average molecular weight is 348 g/mol. The molecule has 26 heavy (non-hydrogen) atoms. The Bertz CT molecular complexity index is 908. The Morgan fingerprint density at radius 2 is 1.88 bits per heavy atom. The van der Waals surface area contributed by atoms with Gasteiger partial charge in [0.05, 0.1) is 0 Å². The van der Waals surface area contributed by atoms with Crippen LogP contribution in [-0.2, 0) is 13.0 Å².